The Morgan fingerprint density at radius 2 is 2.11 bits per heavy atom. The molecule has 2 aromatic carbocycles. The van der Waals surface area contributed by atoms with Crippen LogP contribution in [0.4, 0.5) is 11.4 Å². The molecule has 1 aliphatic rings. The van der Waals surface area contributed by atoms with Crippen molar-refractivity contribution in [1.29, 1.82) is 0 Å². The predicted octanol–water partition coefficient (Wildman–Crippen LogP) is 3.29. The molecule has 1 amide bonds. The number of fused-ring (bicyclic) bond motifs is 1. The molecule has 9 heteroatoms. The molecule has 1 heterocycles. The van der Waals surface area contributed by atoms with Gasteiger partial charge in [-0.3, -0.25) is 19.7 Å². The number of ether oxygens (including phenoxy) is 2. The van der Waals surface area contributed by atoms with Gasteiger partial charge in [-0.1, -0.05) is 11.6 Å². The van der Waals surface area contributed by atoms with Gasteiger partial charge in [-0.2, -0.15) is 0 Å². The third kappa shape index (κ3) is 4.58. The van der Waals surface area contributed by atoms with Gasteiger partial charge in [0.2, 0.25) is 0 Å². The number of aryl methyl sites for hydroxylation is 1. The average molecular weight is 405 g/mol. The second-order valence-electron chi connectivity index (χ2n) is 6.38. The summed E-state index contributed by atoms with van der Waals surface area (Å²) < 4.78 is 10.6. The number of benzene rings is 2. The molecule has 0 aliphatic carbocycles. The molecule has 0 spiro atoms. The molecule has 2 aromatic rings. The highest BCUT2D eigenvalue weighted by Crippen LogP contribution is 2.30. The van der Waals surface area contributed by atoms with Crippen LogP contribution in [0, 0.1) is 23.0 Å². The highest BCUT2D eigenvalue weighted by molar-refractivity contribution is 6.30. The predicted molar refractivity (Wildman–Crippen MR) is 102 cm³/mol. The molecule has 3 rings (SSSR count). The first-order chi connectivity index (χ1) is 13.3. The lowest BCUT2D eigenvalue weighted by Gasteiger charge is -2.24. The van der Waals surface area contributed by atoms with E-state index in [4.69, 9.17) is 21.1 Å². The molecule has 0 unspecified atom stereocenters. The number of nitrogens with zero attached hydrogens (tertiary/aromatic N) is 1. The van der Waals surface area contributed by atoms with Crippen molar-refractivity contribution in [3.05, 3.63) is 62.7 Å². The largest absolute Gasteiger partial charge is 0.492 e. The van der Waals surface area contributed by atoms with E-state index in [1.54, 1.807) is 25.1 Å². The van der Waals surface area contributed by atoms with Crippen LogP contribution < -0.4 is 10.1 Å². The van der Waals surface area contributed by atoms with Crippen LogP contribution in [0.5, 0.6) is 5.75 Å². The summed E-state index contributed by atoms with van der Waals surface area (Å²) >= 11 is 5.96. The summed E-state index contributed by atoms with van der Waals surface area (Å²) in [6.45, 7) is 1.33. The maximum absolute atomic E-state index is 12.2. The molecule has 8 nitrogen and oxygen atoms in total. The minimum atomic E-state index is -0.541. The summed E-state index contributed by atoms with van der Waals surface area (Å²) in [4.78, 5) is 34.5. The summed E-state index contributed by atoms with van der Waals surface area (Å²) in [6.07, 6.45) is 0.414. The summed E-state index contributed by atoms with van der Waals surface area (Å²) in [7, 11) is 0. The first-order valence-corrected chi connectivity index (χ1v) is 8.84. The van der Waals surface area contributed by atoms with Gasteiger partial charge in [0.05, 0.1) is 10.8 Å². The van der Waals surface area contributed by atoms with Crippen LogP contribution in [-0.4, -0.2) is 30.0 Å². The number of esters is 1. The zero-order chi connectivity index (χ0) is 20.3. The summed E-state index contributed by atoms with van der Waals surface area (Å²) in [5, 5.41) is 13.9. The van der Waals surface area contributed by atoms with Crippen LogP contribution >= 0.6 is 11.6 Å². The van der Waals surface area contributed by atoms with Crippen LogP contribution in [0.3, 0.4) is 0 Å². The SMILES string of the molecule is Cc1cc([N+](=O)[O-])ccc1NC(=O)COC(=O)[C@H]1COc2ccc(Cl)cc2C1. The first kappa shape index (κ1) is 19.6. The molecule has 0 saturated carbocycles. The molecule has 0 saturated heterocycles. The summed E-state index contributed by atoms with van der Waals surface area (Å²) in [6, 6.07) is 9.27. The van der Waals surface area contributed by atoms with E-state index in [2.05, 4.69) is 5.32 Å². The number of carbonyl (C=O) groups excluding carboxylic acids is 2. The van der Waals surface area contributed by atoms with Gasteiger partial charge in [-0.15, -0.1) is 0 Å². The first-order valence-electron chi connectivity index (χ1n) is 8.46. The van der Waals surface area contributed by atoms with Gasteiger partial charge in [0.25, 0.3) is 11.6 Å². The summed E-state index contributed by atoms with van der Waals surface area (Å²) in [5.41, 5.74) is 1.69. The molecule has 0 bridgehead atoms. The maximum Gasteiger partial charge on any atom is 0.313 e. The van der Waals surface area contributed by atoms with Crippen molar-refractivity contribution in [2.24, 2.45) is 5.92 Å². The molecule has 0 radical (unpaired) electrons. The number of amides is 1. The number of nitro benzene ring substituents is 1. The number of non-ortho nitro benzene ring substituents is 1. The Kier molecular flexibility index (Phi) is 5.79. The van der Waals surface area contributed by atoms with Crippen molar-refractivity contribution < 1.29 is 24.0 Å². The topological polar surface area (TPSA) is 108 Å². The number of nitrogens with one attached hydrogen (secondary N) is 1. The fourth-order valence-corrected chi connectivity index (χ4v) is 3.05. The number of nitro groups is 1. The fourth-order valence-electron chi connectivity index (χ4n) is 2.86. The molecule has 1 N–H and O–H groups in total. The van der Waals surface area contributed by atoms with E-state index in [1.165, 1.54) is 18.2 Å². The van der Waals surface area contributed by atoms with Crippen LogP contribution in [0.2, 0.25) is 5.02 Å². The van der Waals surface area contributed by atoms with E-state index in [9.17, 15) is 19.7 Å². The van der Waals surface area contributed by atoms with Gasteiger partial charge in [-0.25, -0.2) is 0 Å². The molecular formula is C19H17ClN2O6. The van der Waals surface area contributed by atoms with Gasteiger partial charge < -0.3 is 14.8 Å². The van der Waals surface area contributed by atoms with Crippen LogP contribution in [0.15, 0.2) is 36.4 Å². The Hall–Kier alpha value is -3.13. The van der Waals surface area contributed by atoms with E-state index >= 15 is 0 Å². The Balaban J connectivity index is 1.53. The number of rotatable bonds is 5. The maximum atomic E-state index is 12.2. The minimum absolute atomic E-state index is 0.0698. The van der Waals surface area contributed by atoms with Crippen LogP contribution in [-0.2, 0) is 20.7 Å². The van der Waals surface area contributed by atoms with E-state index in [0.29, 0.717) is 28.4 Å². The van der Waals surface area contributed by atoms with Crippen molar-refractivity contribution >= 4 is 34.9 Å². The smallest absolute Gasteiger partial charge is 0.313 e. The highest BCUT2D eigenvalue weighted by atomic mass is 35.5. The standard InChI is InChI=1S/C19H17ClN2O6/c1-11-6-15(22(25)26)3-4-16(11)21-18(23)10-28-19(24)13-7-12-8-14(20)2-5-17(12)27-9-13/h2-6,8,13H,7,9-10H2,1H3,(H,21,23)/t13-/m1/s1. The average Bonchev–Trinajstić information content (AvgIpc) is 2.66. The second-order valence-corrected chi connectivity index (χ2v) is 6.81. The summed E-state index contributed by atoms with van der Waals surface area (Å²) in [5.74, 6) is -0.925. The Labute approximate surface area is 165 Å². The molecule has 28 heavy (non-hydrogen) atoms. The second kappa shape index (κ2) is 8.26. The number of hydrogen-bond donors (Lipinski definition) is 1. The van der Waals surface area contributed by atoms with Crippen molar-refractivity contribution in [3.63, 3.8) is 0 Å². The third-order valence-electron chi connectivity index (χ3n) is 4.30. The van der Waals surface area contributed by atoms with Gasteiger partial charge in [0, 0.05) is 22.8 Å². The van der Waals surface area contributed by atoms with Crippen molar-refractivity contribution in [2.75, 3.05) is 18.5 Å². The van der Waals surface area contributed by atoms with Crippen molar-refractivity contribution in [2.45, 2.75) is 13.3 Å². The molecule has 0 aromatic heterocycles. The molecule has 0 fully saturated rings. The van der Waals surface area contributed by atoms with E-state index < -0.39 is 29.3 Å². The minimum Gasteiger partial charge on any atom is -0.492 e. The zero-order valence-corrected chi connectivity index (χ0v) is 15.7. The number of anilines is 1. The zero-order valence-electron chi connectivity index (χ0n) is 14.9. The highest BCUT2D eigenvalue weighted by Gasteiger charge is 2.28. The Morgan fingerprint density at radius 1 is 1.32 bits per heavy atom. The number of hydrogen-bond acceptors (Lipinski definition) is 6. The molecule has 1 atom stereocenters. The van der Waals surface area contributed by atoms with Gasteiger partial charge in [-0.05, 0) is 48.7 Å². The monoisotopic (exact) mass is 404 g/mol. The van der Waals surface area contributed by atoms with Crippen molar-refractivity contribution in [1.82, 2.24) is 0 Å². The lowest BCUT2D eigenvalue weighted by atomic mass is 9.97. The quantitative estimate of drug-likeness (QED) is 0.465. The molecule has 146 valence electrons. The number of carbonyl (C=O) groups is 2. The van der Waals surface area contributed by atoms with Crippen molar-refractivity contribution in [3.8, 4) is 5.75 Å². The van der Waals surface area contributed by atoms with Crippen LogP contribution in [0.25, 0.3) is 0 Å². The van der Waals surface area contributed by atoms with Gasteiger partial charge in [0.1, 0.15) is 12.4 Å². The van der Waals surface area contributed by atoms with E-state index in [1.807, 2.05) is 0 Å². The fraction of sp³-hybridized carbons (Fsp3) is 0.263. The molecule has 1 aliphatic heterocycles. The number of halogens is 1. The Bertz CT molecular complexity index is 946. The molecular weight excluding hydrogens is 388 g/mol. The van der Waals surface area contributed by atoms with Gasteiger partial charge in [0.15, 0.2) is 6.61 Å². The normalized spacial score (nSPS) is 15.1. The van der Waals surface area contributed by atoms with Gasteiger partial charge >= 0.3 is 5.97 Å². The lowest BCUT2D eigenvalue weighted by molar-refractivity contribution is -0.384. The Morgan fingerprint density at radius 3 is 2.82 bits per heavy atom. The van der Waals surface area contributed by atoms with E-state index in [0.717, 1.165) is 5.56 Å². The third-order valence-corrected chi connectivity index (χ3v) is 4.54. The van der Waals surface area contributed by atoms with E-state index in [-0.39, 0.29) is 12.3 Å². The lowest BCUT2D eigenvalue weighted by Crippen LogP contribution is -2.32. The van der Waals surface area contributed by atoms with Crippen LogP contribution in [0.1, 0.15) is 11.1 Å².